The van der Waals surface area contributed by atoms with Crippen molar-refractivity contribution >= 4 is 11.8 Å². The Balaban J connectivity index is 1.87. The molecule has 25 heavy (non-hydrogen) atoms. The van der Waals surface area contributed by atoms with Gasteiger partial charge in [0.15, 0.2) is 0 Å². The molecule has 2 rings (SSSR count). The van der Waals surface area contributed by atoms with Gasteiger partial charge in [-0.25, -0.2) is 9.78 Å². The van der Waals surface area contributed by atoms with Gasteiger partial charge < -0.3 is 4.74 Å². The van der Waals surface area contributed by atoms with E-state index < -0.39 is 11.4 Å². The zero-order valence-corrected chi connectivity index (χ0v) is 16.9. The highest BCUT2D eigenvalue weighted by atomic mass is 32.2. The molecule has 1 aliphatic heterocycles. The molecule has 1 aliphatic rings. The fourth-order valence-electron chi connectivity index (χ4n) is 2.97. The lowest BCUT2D eigenvalue weighted by Crippen LogP contribution is -2.52. The molecule has 1 saturated heterocycles. The van der Waals surface area contributed by atoms with Crippen LogP contribution in [-0.4, -0.2) is 23.7 Å². The Morgan fingerprint density at radius 1 is 0.920 bits per heavy atom. The van der Waals surface area contributed by atoms with E-state index in [-0.39, 0.29) is 0 Å². The second kappa shape index (κ2) is 10.6. The van der Waals surface area contributed by atoms with Gasteiger partial charge in [-0.15, -0.1) is 11.8 Å². The van der Waals surface area contributed by atoms with Crippen LogP contribution < -0.4 is 0 Å². The Hall–Kier alpha value is -0.550. The van der Waals surface area contributed by atoms with Gasteiger partial charge in [-0.2, -0.15) is 0 Å². The molecular weight excluding hydrogens is 332 g/mol. The van der Waals surface area contributed by atoms with E-state index in [1.165, 1.54) is 30.6 Å². The van der Waals surface area contributed by atoms with Crippen LogP contribution in [0, 0.1) is 0 Å². The first-order valence-corrected chi connectivity index (χ1v) is 10.8. The molecule has 0 bridgehead atoms. The largest absolute Gasteiger partial charge is 0.344 e. The summed E-state index contributed by atoms with van der Waals surface area (Å²) in [4.78, 5) is 13.1. The number of ether oxygens (including phenoxy) is 1. The molecule has 1 unspecified atom stereocenters. The molecule has 0 aromatic heterocycles. The van der Waals surface area contributed by atoms with E-state index in [0.29, 0.717) is 6.61 Å². The van der Waals surface area contributed by atoms with Gasteiger partial charge in [0.05, 0.1) is 6.61 Å². The summed E-state index contributed by atoms with van der Waals surface area (Å²) in [6, 6.07) is 10.4. The number of thioether (sulfide) groups is 1. The second-order valence-electron chi connectivity index (χ2n) is 7.33. The molecule has 0 aliphatic carbocycles. The van der Waals surface area contributed by atoms with Crippen molar-refractivity contribution in [2.24, 2.45) is 0 Å². The van der Waals surface area contributed by atoms with Crippen LogP contribution in [0.3, 0.4) is 0 Å². The van der Waals surface area contributed by atoms with Gasteiger partial charge in [0, 0.05) is 23.5 Å². The molecule has 0 spiro atoms. The molecule has 0 saturated carbocycles. The normalized spacial score (nSPS) is 22.8. The van der Waals surface area contributed by atoms with Crippen LogP contribution in [0.5, 0.6) is 0 Å². The average molecular weight is 367 g/mol. The summed E-state index contributed by atoms with van der Waals surface area (Å²) in [5.74, 6) is 0.276. The Bertz CT molecular complexity index is 457. The maximum Gasteiger partial charge on any atom is 0.201 e. The van der Waals surface area contributed by atoms with Gasteiger partial charge in [0.1, 0.15) is 5.60 Å². The van der Waals surface area contributed by atoms with Gasteiger partial charge in [0.25, 0.3) is 0 Å². The highest BCUT2D eigenvalue weighted by Crippen LogP contribution is 2.37. The van der Waals surface area contributed by atoms with Crippen LogP contribution in [0.2, 0.25) is 0 Å². The molecule has 3 nitrogen and oxygen atoms in total. The van der Waals surface area contributed by atoms with E-state index in [9.17, 15) is 0 Å². The van der Waals surface area contributed by atoms with Crippen molar-refractivity contribution < 1.29 is 14.5 Å². The van der Waals surface area contributed by atoms with E-state index in [0.717, 1.165) is 31.4 Å². The van der Waals surface area contributed by atoms with Crippen LogP contribution in [0.15, 0.2) is 35.2 Å². The predicted molar refractivity (Wildman–Crippen MR) is 105 cm³/mol. The molecule has 0 amide bonds. The molecule has 4 heteroatoms. The number of unbranched alkanes of at least 4 members (excludes halogenated alkanes) is 4. The summed E-state index contributed by atoms with van der Waals surface area (Å²) in [6.07, 6.45) is 8.93. The van der Waals surface area contributed by atoms with E-state index in [2.05, 4.69) is 45.0 Å². The maximum atomic E-state index is 6.30. The molecule has 1 atom stereocenters. The first-order valence-electron chi connectivity index (χ1n) is 9.80. The summed E-state index contributed by atoms with van der Waals surface area (Å²) in [7, 11) is 0. The van der Waals surface area contributed by atoms with Crippen LogP contribution in [-0.2, 0) is 14.5 Å². The lowest BCUT2D eigenvalue weighted by atomic mass is 10.00. The van der Waals surface area contributed by atoms with Crippen molar-refractivity contribution in [1.29, 1.82) is 0 Å². The van der Waals surface area contributed by atoms with Gasteiger partial charge in [-0.3, -0.25) is 0 Å². The Morgan fingerprint density at radius 3 is 2.08 bits per heavy atom. The molecule has 0 radical (unpaired) electrons. The molecule has 1 aromatic carbocycles. The van der Waals surface area contributed by atoms with E-state index in [4.69, 9.17) is 14.5 Å². The smallest absolute Gasteiger partial charge is 0.201 e. The molecular formula is C21H34O3S. The van der Waals surface area contributed by atoms with Gasteiger partial charge in [-0.1, -0.05) is 57.7 Å². The third kappa shape index (κ3) is 6.93. The molecule has 1 heterocycles. The number of hydrogen-bond acceptors (Lipinski definition) is 4. The van der Waals surface area contributed by atoms with Crippen LogP contribution in [0.25, 0.3) is 0 Å². The molecule has 1 fully saturated rings. The minimum atomic E-state index is -0.540. The quantitative estimate of drug-likeness (QED) is 0.258. The van der Waals surface area contributed by atoms with Crippen molar-refractivity contribution in [3.63, 3.8) is 0 Å². The van der Waals surface area contributed by atoms with Crippen LogP contribution in [0.1, 0.15) is 72.1 Å². The third-order valence-electron chi connectivity index (χ3n) is 4.65. The summed E-state index contributed by atoms with van der Waals surface area (Å²) < 4.78 is 6.30. The number of benzene rings is 1. The zero-order chi connectivity index (χ0) is 18.0. The van der Waals surface area contributed by atoms with Crippen LogP contribution >= 0.6 is 11.8 Å². The van der Waals surface area contributed by atoms with Crippen molar-refractivity contribution in [3.05, 3.63) is 30.3 Å². The summed E-state index contributed by atoms with van der Waals surface area (Å²) in [6.45, 7) is 7.11. The first kappa shape index (κ1) is 20.8. The standard InChI is InChI=1S/C21H34O3S/c1-4-6-11-15-21(16-12-7-5-2)22-17-20(3,23-24-21)18-25-19-13-9-8-10-14-19/h8-10,13-14H,4-7,11-12,15-18H2,1-3H3. The summed E-state index contributed by atoms with van der Waals surface area (Å²) >= 11 is 1.78. The third-order valence-corrected chi connectivity index (χ3v) is 6.01. The van der Waals surface area contributed by atoms with Crippen LogP contribution in [0.4, 0.5) is 0 Å². The highest BCUT2D eigenvalue weighted by Gasteiger charge is 2.43. The fourth-order valence-corrected chi connectivity index (χ4v) is 3.92. The minimum Gasteiger partial charge on any atom is -0.344 e. The predicted octanol–water partition coefficient (Wildman–Crippen LogP) is 6.37. The van der Waals surface area contributed by atoms with E-state index in [1.54, 1.807) is 11.8 Å². The zero-order valence-electron chi connectivity index (χ0n) is 16.1. The van der Waals surface area contributed by atoms with Gasteiger partial charge in [-0.05, 0) is 31.9 Å². The Morgan fingerprint density at radius 2 is 1.56 bits per heavy atom. The Kier molecular flexibility index (Phi) is 8.77. The van der Waals surface area contributed by atoms with Gasteiger partial charge in [0.2, 0.25) is 5.79 Å². The lowest BCUT2D eigenvalue weighted by Gasteiger charge is -2.43. The van der Waals surface area contributed by atoms with E-state index >= 15 is 0 Å². The summed E-state index contributed by atoms with van der Waals surface area (Å²) in [5.41, 5.74) is -0.403. The number of rotatable bonds is 11. The topological polar surface area (TPSA) is 27.7 Å². The SMILES string of the molecule is CCCCCC1(CCCCC)OCC(C)(CSc2ccccc2)OO1. The van der Waals surface area contributed by atoms with Gasteiger partial charge >= 0.3 is 0 Å². The first-order chi connectivity index (χ1) is 12.1. The second-order valence-corrected chi connectivity index (χ2v) is 8.38. The summed E-state index contributed by atoms with van der Waals surface area (Å²) in [5, 5.41) is 0. The van der Waals surface area contributed by atoms with Crippen molar-refractivity contribution in [3.8, 4) is 0 Å². The molecule has 1 aromatic rings. The Labute approximate surface area is 157 Å². The highest BCUT2D eigenvalue weighted by molar-refractivity contribution is 7.99. The van der Waals surface area contributed by atoms with Crippen molar-refractivity contribution in [1.82, 2.24) is 0 Å². The number of hydrogen-bond donors (Lipinski definition) is 0. The minimum absolute atomic E-state index is 0.403. The van der Waals surface area contributed by atoms with Crippen molar-refractivity contribution in [2.45, 2.75) is 88.4 Å². The monoisotopic (exact) mass is 366 g/mol. The molecule has 0 N–H and O–H groups in total. The fraction of sp³-hybridized carbons (Fsp3) is 0.714. The lowest BCUT2D eigenvalue weighted by molar-refractivity contribution is -0.508. The van der Waals surface area contributed by atoms with E-state index in [1.807, 2.05) is 6.07 Å². The average Bonchev–Trinajstić information content (AvgIpc) is 2.64. The van der Waals surface area contributed by atoms with Crippen molar-refractivity contribution in [2.75, 3.05) is 12.4 Å². The maximum absolute atomic E-state index is 6.30. The molecule has 142 valence electrons.